The molecule has 3 rings (SSSR count). The van der Waals surface area contributed by atoms with Crippen LogP contribution in [0.2, 0.25) is 0 Å². The number of methoxy groups -OCH3 is 2. The average Bonchev–Trinajstić information content (AvgIpc) is 3.02. The van der Waals surface area contributed by atoms with Crippen LogP contribution in [0.5, 0.6) is 5.75 Å². The molecule has 6 nitrogen and oxygen atoms in total. The second kappa shape index (κ2) is 8.75. The van der Waals surface area contributed by atoms with E-state index in [1.54, 1.807) is 36.3 Å². The number of ether oxygens (including phenoxy) is 2. The Hall–Kier alpha value is -3.06. The molecule has 2 aromatic rings. The van der Waals surface area contributed by atoms with E-state index in [2.05, 4.69) is 4.99 Å². The van der Waals surface area contributed by atoms with Gasteiger partial charge in [-0.1, -0.05) is 12.1 Å². The molecule has 144 valence electrons. The van der Waals surface area contributed by atoms with Gasteiger partial charge in [0.1, 0.15) is 5.75 Å². The van der Waals surface area contributed by atoms with Gasteiger partial charge in [-0.3, -0.25) is 9.69 Å². The Balaban J connectivity index is 1.85. The van der Waals surface area contributed by atoms with E-state index in [0.29, 0.717) is 27.9 Å². The van der Waals surface area contributed by atoms with Crippen LogP contribution in [-0.2, 0) is 9.53 Å². The number of nitrogens with zero attached hydrogens (tertiary/aromatic N) is 2. The Kier molecular flexibility index (Phi) is 6.16. The van der Waals surface area contributed by atoms with Gasteiger partial charge < -0.3 is 9.47 Å². The highest BCUT2D eigenvalue weighted by atomic mass is 32.2. The van der Waals surface area contributed by atoms with Crippen molar-refractivity contribution in [3.05, 3.63) is 64.6 Å². The van der Waals surface area contributed by atoms with Crippen molar-refractivity contribution in [1.82, 2.24) is 4.90 Å². The molecular formula is C21H20N2O4S. The van der Waals surface area contributed by atoms with E-state index < -0.39 is 5.97 Å². The third kappa shape index (κ3) is 4.26. The minimum absolute atomic E-state index is 0.0757. The number of esters is 1. The topological polar surface area (TPSA) is 68.2 Å². The molecule has 1 aliphatic rings. The molecule has 0 spiro atoms. The Bertz CT molecular complexity index is 934. The number of amidine groups is 1. The van der Waals surface area contributed by atoms with Crippen molar-refractivity contribution in [3.63, 3.8) is 0 Å². The Labute approximate surface area is 167 Å². The zero-order valence-electron chi connectivity index (χ0n) is 15.8. The Morgan fingerprint density at radius 2 is 1.79 bits per heavy atom. The third-order valence-corrected chi connectivity index (χ3v) is 5.14. The maximum absolute atomic E-state index is 12.7. The molecule has 0 aromatic heterocycles. The summed E-state index contributed by atoms with van der Waals surface area (Å²) in [6, 6.07) is 14.3. The van der Waals surface area contributed by atoms with Crippen LogP contribution >= 0.6 is 11.8 Å². The quantitative estimate of drug-likeness (QED) is 0.562. The van der Waals surface area contributed by atoms with Crippen molar-refractivity contribution in [2.75, 3.05) is 20.8 Å². The van der Waals surface area contributed by atoms with Gasteiger partial charge >= 0.3 is 5.97 Å². The van der Waals surface area contributed by atoms with Crippen molar-refractivity contribution >= 4 is 40.6 Å². The molecule has 0 N–H and O–H groups in total. The van der Waals surface area contributed by atoms with E-state index in [0.717, 1.165) is 11.3 Å². The van der Waals surface area contributed by atoms with Crippen LogP contribution in [0.3, 0.4) is 0 Å². The molecule has 0 saturated carbocycles. The van der Waals surface area contributed by atoms with E-state index in [1.165, 1.54) is 18.9 Å². The van der Waals surface area contributed by atoms with E-state index in [1.807, 2.05) is 37.3 Å². The summed E-state index contributed by atoms with van der Waals surface area (Å²) in [5.41, 5.74) is 2.03. The molecule has 1 fully saturated rings. The number of amides is 1. The maximum atomic E-state index is 12.7. The molecule has 0 radical (unpaired) electrons. The van der Waals surface area contributed by atoms with Gasteiger partial charge in [-0.25, -0.2) is 9.79 Å². The zero-order chi connectivity index (χ0) is 20.1. The Morgan fingerprint density at radius 1 is 1.11 bits per heavy atom. The summed E-state index contributed by atoms with van der Waals surface area (Å²) in [5, 5.41) is 0.609. The number of carbonyl (C=O) groups excluding carboxylic acids is 2. The molecule has 1 saturated heterocycles. The largest absolute Gasteiger partial charge is 0.497 e. The fourth-order valence-corrected chi connectivity index (χ4v) is 3.68. The fraction of sp³-hybridized carbons (Fsp3) is 0.190. The summed E-state index contributed by atoms with van der Waals surface area (Å²) in [5.74, 6) is 0.290. The summed E-state index contributed by atoms with van der Waals surface area (Å²) in [7, 11) is 2.95. The summed E-state index contributed by atoms with van der Waals surface area (Å²) >= 11 is 1.33. The van der Waals surface area contributed by atoms with Gasteiger partial charge in [0.05, 0.1) is 30.4 Å². The standard InChI is InChI=1S/C21H20N2O4S/c1-4-23-19(24)18(13-14-5-11-17(26-2)12-6-14)28-21(23)22-16-9-7-15(8-10-16)20(25)27-3/h5-13H,4H2,1-3H3/b18-13+,22-21?. The van der Waals surface area contributed by atoms with Crippen molar-refractivity contribution < 1.29 is 19.1 Å². The van der Waals surface area contributed by atoms with Crippen molar-refractivity contribution in [3.8, 4) is 5.75 Å². The number of benzene rings is 2. The lowest BCUT2D eigenvalue weighted by Crippen LogP contribution is -2.28. The van der Waals surface area contributed by atoms with Crippen molar-refractivity contribution in [1.29, 1.82) is 0 Å². The number of aliphatic imine (C=N–C) groups is 1. The highest BCUT2D eigenvalue weighted by Gasteiger charge is 2.32. The lowest BCUT2D eigenvalue weighted by molar-refractivity contribution is -0.122. The van der Waals surface area contributed by atoms with Gasteiger partial charge in [-0.05, 0) is 66.7 Å². The molecule has 0 bridgehead atoms. The van der Waals surface area contributed by atoms with Gasteiger partial charge in [0.15, 0.2) is 5.17 Å². The molecule has 7 heteroatoms. The summed E-state index contributed by atoms with van der Waals surface area (Å²) in [4.78, 5) is 31.1. The van der Waals surface area contributed by atoms with E-state index >= 15 is 0 Å². The van der Waals surface area contributed by atoms with Gasteiger partial charge in [-0.2, -0.15) is 0 Å². The van der Waals surface area contributed by atoms with Crippen LogP contribution in [-0.4, -0.2) is 42.7 Å². The fourth-order valence-electron chi connectivity index (χ4n) is 2.62. The molecule has 1 amide bonds. The van der Waals surface area contributed by atoms with E-state index in [4.69, 9.17) is 9.47 Å². The first kappa shape index (κ1) is 19.7. The first-order valence-electron chi connectivity index (χ1n) is 8.68. The molecule has 2 aromatic carbocycles. The maximum Gasteiger partial charge on any atom is 0.337 e. The second-order valence-electron chi connectivity index (χ2n) is 5.87. The molecule has 0 unspecified atom stereocenters. The minimum Gasteiger partial charge on any atom is -0.497 e. The molecule has 1 heterocycles. The number of hydrogen-bond acceptors (Lipinski definition) is 6. The molecule has 0 atom stereocenters. The van der Waals surface area contributed by atoms with Gasteiger partial charge in [0.25, 0.3) is 5.91 Å². The van der Waals surface area contributed by atoms with Crippen LogP contribution in [0.25, 0.3) is 6.08 Å². The number of carbonyl (C=O) groups is 2. The monoisotopic (exact) mass is 396 g/mol. The van der Waals surface area contributed by atoms with Crippen LogP contribution in [0.4, 0.5) is 5.69 Å². The molecule has 1 aliphatic heterocycles. The average molecular weight is 396 g/mol. The van der Waals surface area contributed by atoms with Gasteiger partial charge in [-0.15, -0.1) is 0 Å². The first-order valence-corrected chi connectivity index (χ1v) is 9.50. The number of likely N-dealkylation sites (N-methyl/N-ethyl adjacent to an activating group) is 1. The lowest BCUT2D eigenvalue weighted by atomic mass is 10.2. The highest BCUT2D eigenvalue weighted by molar-refractivity contribution is 8.18. The SMILES string of the molecule is CCN1C(=O)/C(=C\c2ccc(OC)cc2)SC1=Nc1ccc(C(=O)OC)cc1. The third-order valence-electron chi connectivity index (χ3n) is 4.13. The number of hydrogen-bond donors (Lipinski definition) is 0. The number of rotatable bonds is 5. The van der Waals surface area contributed by atoms with Crippen LogP contribution in [0, 0.1) is 0 Å². The van der Waals surface area contributed by atoms with Crippen LogP contribution in [0.1, 0.15) is 22.8 Å². The van der Waals surface area contributed by atoms with Crippen molar-refractivity contribution in [2.24, 2.45) is 4.99 Å². The van der Waals surface area contributed by atoms with Gasteiger partial charge in [0, 0.05) is 6.54 Å². The lowest BCUT2D eigenvalue weighted by Gasteiger charge is -2.12. The summed E-state index contributed by atoms with van der Waals surface area (Å²) < 4.78 is 9.86. The Morgan fingerprint density at radius 3 is 2.36 bits per heavy atom. The smallest absolute Gasteiger partial charge is 0.337 e. The predicted molar refractivity (Wildman–Crippen MR) is 111 cm³/mol. The number of thioether (sulfide) groups is 1. The van der Waals surface area contributed by atoms with Crippen LogP contribution in [0.15, 0.2) is 58.4 Å². The minimum atomic E-state index is -0.399. The summed E-state index contributed by atoms with van der Waals surface area (Å²) in [6.45, 7) is 2.43. The highest BCUT2D eigenvalue weighted by Crippen LogP contribution is 2.34. The predicted octanol–water partition coefficient (Wildman–Crippen LogP) is 4.11. The molecule has 0 aliphatic carbocycles. The normalized spacial score (nSPS) is 16.7. The molecule has 28 heavy (non-hydrogen) atoms. The van der Waals surface area contributed by atoms with E-state index in [-0.39, 0.29) is 5.91 Å². The molecular weight excluding hydrogens is 376 g/mol. The van der Waals surface area contributed by atoms with Crippen molar-refractivity contribution in [2.45, 2.75) is 6.92 Å². The van der Waals surface area contributed by atoms with Gasteiger partial charge in [0.2, 0.25) is 0 Å². The van der Waals surface area contributed by atoms with Crippen LogP contribution < -0.4 is 4.74 Å². The zero-order valence-corrected chi connectivity index (χ0v) is 16.7. The van der Waals surface area contributed by atoms with E-state index in [9.17, 15) is 9.59 Å². The summed E-state index contributed by atoms with van der Waals surface area (Å²) in [6.07, 6.45) is 1.85. The second-order valence-corrected chi connectivity index (χ2v) is 6.88. The first-order chi connectivity index (χ1) is 13.5.